The van der Waals surface area contributed by atoms with Gasteiger partial charge in [0.2, 0.25) is 5.78 Å². The van der Waals surface area contributed by atoms with Crippen LogP contribution in [-0.4, -0.2) is 40.1 Å². The van der Waals surface area contributed by atoms with Gasteiger partial charge in [-0.25, -0.2) is 4.79 Å². The van der Waals surface area contributed by atoms with Crippen LogP contribution in [-0.2, 0) is 9.59 Å². The van der Waals surface area contributed by atoms with E-state index in [1.165, 1.54) is 11.8 Å². The van der Waals surface area contributed by atoms with Gasteiger partial charge >= 0.3 is 5.97 Å². The third kappa shape index (κ3) is 5.87. The Balaban J connectivity index is 3.25. The first kappa shape index (κ1) is 10.4. The molecule has 0 radical (unpaired) electrons. The molecule has 0 aliphatic heterocycles. The van der Waals surface area contributed by atoms with Gasteiger partial charge in [0.15, 0.2) is 0 Å². The summed E-state index contributed by atoms with van der Waals surface area (Å²) in [6.07, 6.45) is 0.0417. The third-order valence-electron chi connectivity index (χ3n) is 0.948. The lowest BCUT2D eigenvalue weighted by Crippen LogP contribution is -2.12. The number of carbonyl (C=O) groups excluding carboxylic acids is 1. The second-order valence-electron chi connectivity index (χ2n) is 1.81. The van der Waals surface area contributed by atoms with Gasteiger partial charge in [0, 0.05) is 17.9 Å². The smallest absolute Gasteiger partial charge is 0.372 e. The molecule has 0 saturated heterocycles. The van der Waals surface area contributed by atoms with Crippen LogP contribution in [0.2, 0.25) is 0 Å². The van der Waals surface area contributed by atoms with Crippen LogP contribution in [0.5, 0.6) is 0 Å². The highest BCUT2D eigenvalue weighted by Gasteiger charge is 2.09. The number of ketones is 1. The van der Waals surface area contributed by atoms with Gasteiger partial charge in [0.05, 0.1) is 6.61 Å². The van der Waals surface area contributed by atoms with Crippen LogP contribution in [0, 0.1) is 0 Å². The average molecular weight is 178 g/mol. The number of aliphatic hydroxyl groups excluding tert-OH is 1. The molecule has 0 saturated carbocycles. The first-order chi connectivity index (χ1) is 5.18. The fourth-order valence-electron chi connectivity index (χ4n) is 0.438. The molecule has 0 amide bonds. The van der Waals surface area contributed by atoms with Crippen molar-refractivity contribution in [3.8, 4) is 0 Å². The zero-order valence-electron chi connectivity index (χ0n) is 5.95. The molecule has 0 fully saturated rings. The van der Waals surface area contributed by atoms with E-state index in [2.05, 4.69) is 0 Å². The highest BCUT2D eigenvalue weighted by atomic mass is 32.2. The van der Waals surface area contributed by atoms with Crippen molar-refractivity contribution in [2.75, 3.05) is 18.1 Å². The van der Waals surface area contributed by atoms with Crippen LogP contribution in [0.3, 0.4) is 0 Å². The minimum atomic E-state index is -1.38. The normalized spacial score (nSPS) is 9.55. The molecular weight excluding hydrogens is 168 g/mol. The molecule has 0 aromatic rings. The van der Waals surface area contributed by atoms with Gasteiger partial charge in [-0.3, -0.25) is 4.79 Å². The first-order valence-electron chi connectivity index (χ1n) is 3.13. The maximum Gasteiger partial charge on any atom is 0.372 e. The van der Waals surface area contributed by atoms with Gasteiger partial charge < -0.3 is 10.2 Å². The van der Waals surface area contributed by atoms with Crippen molar-refractivity contribution in [2.24, 2.45) is 0 Å². The maximum atomic E-state index is 10.4. The van der Waals surface area contributed by atoms with E-state index in [1.54, 1.807) is 0 Å². The van der Waals surface area contributed by atoms with E-state index < -0.39 is 11.8 Å². The maximum absolute atomic E-state index is 10.4. The number of aliphatic hydroxyl groups is 1. The number of carboxylic acid groups (broad SMARTS) is 1. The topological polar surface area (TPSA) is 74.6 Å². The Labute approximate surface area is 68.6 Å². The zero-order valence-corrected chi connectivity index (χ0v) is 6.76. The average Bonchev–Trinajstić information content (AvgIpc) is 1.97. The van der Waals surface area contributed by atoms with Crippen LogP contribution in [0.15, 0.2) is 0 Å². The van der Waals surface area contributed by atoms with E-state index in [-0.39, 0.29) is 13.0 Å². The molecule has 0 rings (SSSR count). The van der Waals surface area contributed by atoms with Gasteiger partial charge in [-0.1, -0.05) is 0 Å². The van der Waals surface area contributed by atoms with Crippen molar-refractivity contribution in [3.63, 3.8) is 0 Å². The summed E-state index contributed by atoms with van der Waals surface area (Å²) < 4.78 is 0. The zero-order chi connectivity index (χ0) is 8.69. The Morgan fingerprint density at radius 1 is 1.27 bits per heavy atom. The fourth-order valence-corrected chi connectivity index (χ4v) is 1.10. The van der Waals surface area contributed by atoms with E-state index in [1.807, 2.05) is 0 Å². The fraction of sp³-hybridized carbons (Fsp3) is 0.667. The summed E-state index contributed by atoms with van der Waals surface area (Å²) >= 11 is 1.36. The van der Waals surface area contributed by atoms with Crippen molar-refractivity contribution >= 4 is 23.5 Å². The van der Waals surface area contributed by atoms with Crippen molar-refractivity contribution in [3.05, 3.63) is 0 Å². The molecule has 0 spiro atoms. The van der Waals surface area contributed by atoms with Gasteiger partial charge in [-0.05, 0) is 0 Å². The van der Waals surface area contributed by atoms with Crippen molar-refractivity contribution in [2.45, 2.75) is 6.42 Å². The first-order valence-corrected chi connectivity index (χ1v) is 4.28. The minimum Gasteiger partial charge on any atom is -0.476 e. The summed E-state index contributed by atoms with van der Waals surface area (Å²) in [7, 11) is 0. The lowest BCUT2D eigenvalue weighted by atomic mass is 10.3. The second-order valence-corrected chi connectivity index (χ2v) is 3.04. The molecule has 5 heteroatoms. The number of aliphatic carboxylic acids is 1. The molecule has 4 nitrogen and oxygen atoms in total. The highest BCUT2D eigenvalue weighted by Crippen LogP contribution is 2.01. The van der Waals surface area contributed by atoms with E-state index in [0.717, 1.165) is 0 Å². The molecular formula is C6H10O4S. The van der Waals surface area contributed by atoms with E-state index in [0.29, 0.717) is 11.5 Å². The molecule has 0 aromatic carbocycles. The Bertz CT molecular complexity index is 146. The lowest BCUT2D eigenvalue weighted by molar-refractivity contribution is -0.148. The molecule has 0 aliphatic rings. The molecule has 0 aromatic heterocycles. The van der Waals surface area contributed by atoms with Gasteiger partial charge in [-0.15, -0.1) is 0 Å². The van der Waals surface area contributed by atoms with Crippen LogP contribution in [0.1, 0.15) is 6.42 Å². The summed E-state index contributed by atoms with van der Waals surface area (Å²) in [6, 6.07) is 0. The molecule has 64 valence electrons. The molecule has 2 N–H and O–H groups in total. The number of hydrogen-bond donors (Lipinski definition) is 2. The van der Waals surface area contributed by atoms with E-state index in [9.17, 15) is 9.59 Å². The molecule has 0 bridgehead atoms. The summed E-state index contributed by atoms with van der Waals surface area (Å²) in [4.78, 5) is 20.4. The highest BCUT2D eigenvalue weighted by molar-refractivity contribution is 7.99. The molecule has 11 heavy (non-hydrogen) atoms. The molecule has 0 unspecified atom stereocenters. The molecule has 0 aliphatic carbocycles. The monoisotopic (exact) mass is 178 g/mol. The standard InChI is InChI=1S/C6H10O4S/c7-2-4-11-3-1-5(8)6(9)10/h7H,1-4H2,(H,9,10). The van der Waals surface area contributed by atoms with Crippen molar-refractivity contribution < 1.29 is 19.8 Å². The Kier molecular flexibility index (Phi) is 5.87. The SMILES string of the molecule is O=C(O)C(=O)CCSCCO. The second kappa shape index (κ2) is 6.18. The number of carbonyl (C=O) groups is 2. The number of thioether (sulfide) groups is 1. The summed E-state index contributed by atoms with van der Waals surface area (Å²) in [5.41, 5.74) is 0. The van der Waals surface area contributed by atoms with Crippen LogP contribution < -0.4 is 0 Å². The van der Waals surface area contributed by atoms with Crippen molar-refractivity contribution in [1.29, 1.82) is 0 Å². The Morgan fingerprint density at radius 2 is 1.91 bits per heavy atom. The predicted octanol–water partition coefficient (Wildman–Crippen LogP) is -0.244. The Morgan fingerprint density at radius 3 is 2.36 bits per heavy atom. The number of hydrogen-bond acceptors (Lipinski definition) is 4. The summed E-state index contributed by atoms with van der Waals surface area (Å²) in [5.74, 6) is -1.14. The summed E-state index contributed by atoms with van der Waals surface area (Å²) in [6.45, 7) is 0.0614. The minimum absolute atomic E-state index is 0.0417. The van der Waals surface area contributed by atoms with Gasteiger partial charge in [-0.2, -0.15) is 11.8 Å². The van der Waals surface area contributed by atoms with Crippen LogP contribution in [0.25, 0.3) is 0 Å². The number of Topliss-reactive ketones (excluding diaryl/α,β-unsaturated/α-hetero) is 1. The van der Waals surface area contributed by atoms with E-state index >= 15 is 0 Å². The van der Waals surface area contributed by atoms with Gasteiger partial charge in [0.1, 0.15) is 0 Å². The predicted molar refractivity (Wildman–Crippen MR) is 41.7 cm³/mol. The van der Waals surface area contributed by atoms with Gasteiger partial charge in [0.25, 0.3) is 0 Å². The third-order valence-corrected chi connectivity index (χ3v) is 1.91. The summed E-state index contributed by atoms with van der Waals surface area (Å²) in [5, 5.41) is 16.4. The Hall–Kier alpha value is -0.550. The van der Waals surface area contributed by atoms with E-state index in [4.69, 9.17) is 10.2 Å². The quantitative estimate of drug-likeness (QED) is 0.433. The lowest BCUT2D eigenvalue weighted by Gasteiger charge is -1.94. The van der Waals surface area contributed by atoms with Crippen molar-refractivity contribution in [1.82, 2.24) is 0 Å². The number of carboxylic acids is 1. The van der Waals surface area contributed by atoms with Crippen LogP contribution in [0.4, 0.5) is 0 Å². The molecule has 0 heterocycles. The van der Waals surface area contributed by atoms with Crippen LogP contribution >= 0.6 is 11.8 Å². The molecule has 0 atom stereocenters. The number of rotatable bonds is 6. The largest absolute Gasteiger partial charge is 0.476 e.